The van der Waals surface area contributed by atoms with Gasteiger partial charge in [-0.2, -0.15) is 0 Å². The van der Waals surface area contributed by atoms with E-state index in [1.165, 1.54) is 89.9 Å². The Labute approximate surface area is 206 Å². The van der Waals surface area contributed by atoms with E-state index in [0.29, 0.717) is 10.8 Å². The zero-order valence-corrected chi connectivity index (χ0v) is 22.9. The molecule has 0 radical (unpaired) electrons. The van der Waals surface area contributed by atoms with Crippen LogP contribution in [0.1, 0.15) is 137 Å². The molecule has 0 bridgehead atoms. The van der Waals surface area contributed by atoms with Gasteiger partial charge in [0.1, 0.15) is 0 Å². The fourth-order valence-corrected chi connectivity index (χ4v) is 9.55. The van der Waals surface area contributed by atoms with Crippen LogP contribution in [0.3, 0.4) is 0 Å². The Morgan fingerprint density at radius 2 is 1.58 bits per heavy atom. The number of hydrogen-bond donors (Lipinski definition) is 1. The summed E-state index contributed by atoms with van der Waals surface area (Å²) in [5.41, 5.74) is 2.60. The first-order valence-corrected chi connectivity index (χ1v) is 15.1. The molecule has 1 nitrogen and oxygen atoms in total. The van der Waals surface area contributed by atoms with E-state index < -0.39 is 0 Å². The third kappa shape index (κ3) is 5.29. The van der Waals surface area contributed by atoms with Crippen LogP contribution in [0.25, 0.3) is 0 Å². The number of fused-ring (bicyclic) bond motifs is 5. The molecule has 1 heteroatoms. The molecule has 1 unspecified atom stereocenters. The summed E-state index contributed by atoms with van der Waals surface area (Å²) >= 11 is 0. The maximum absolute atomic E-state index is 10.2. The van der Waals surface area contributed by atoms with Crippen molar-refractivity contribution in [1.82, 2.24) is 0 Å². The van der Waals surface area contributed by atoms with Crippen molar-refractivity contribution in [3.8, 4) is 0 Å². The summed E-state index contributed by atoms with van der Waals surface area (Å²) in [6.45, 7) is 12.6. The first-order chi connectivity index (χ1) is 15.8. The third-order valence-corrected chi connectivity index (χ3v) is 11.5. The minimum Gasteiger partial charge on any atom is -0.393 e. The van der Waals surface area contributed by atoms with Crippen molar-refractivity contribution >= 4 is 0 Å². The van der Waals surface area contributed by atoms with Crippen LogP contribution in [0.4, 0.5) is 0 Å². The number of rotatable bonds is 5. The van der Waals surface area contributed by atoms with Crippen LogP contribution in [0, 0.1) is 46.3 Å². The summed E-state index contributed by atoms with van der Waals surface area (Å²) in [7, 11) is 0. The van der Waals surface area contributed by atoms with Crippen LogP contribution in [0.5, 0.6) is 0 Å². The predicted molar refractivity (Wildman–Crippen MR) is 142 cm³/mol. The summed E-state index contributed by atoms with van der Waals surface area (Å²) in [5.74, 6) is 5.46. The predicted octanol–water partition coefficient (Wildman–Crippen LogP) is 9.34. The lowest BCUT2D eigenvalue weighted by Crippen LogP contribution is -2.50. The summed E-state index contributed by atoms with van der Waals surface area (Å²) in [5, 5.41) is 10.2. The van der Waals surface area contributed by atoms with Crippen molar-refractivity contribution in [2.75, 3.05) is 0 Å². The minimum atomic E-state index is -0.0766. The van der Waals surface area contributed by atoms with Gasteiger partial charge in [-0.1, -0.05) is 97.6 Å². The van der Waals surface area contributed by atoms with E-state index in [-0.39, 0.29) is 6.10 Å². The number of aliphatic hydroxyl groups excluding tert-OH is 1. The van der Waals surface area contributed by atoms with Gasteiger partial charge in [0, 0.05) is 0 Å². The molecule has 0 aromatic heterocycles. The van der Waals surface area contributed by atoms with Crippen molar-refractivity contribution < 1.29 is 5.11 Å². The Kier molecular flexibility index (Phi) is 8.40. The molecule has 0 saturated heterocycles. The number of aliphatic hydroxyl groups is 1. The highest BCUT2D eigenvalue weighted by molar-refractivity contribution is 5.25. The van der Waals surface area contributed by atoms with Crippen molar-refractivity contribution in [2.45, 2.75) is 143 Å². The van der Waals surface area contributed by atoms with Crippen molar-refractivity contribution in [3.05, 3.63) is 11.6 Å². The molecule has 8 atom stereocenters. The monoisotopic (exact) mass is 456 g/mol. The molecule has 33 heavy (non-hydrogen) atoms. The highest BCUT2D eigenvalue weighted by Gasteiger charge is 2.59. The molecule has 0 aliphatic heterocycles. The van der Waals surface area contributed by atoms with E-state index in [2.05, 4.69) is 40.7 Å². The van der Waals surface area contributed by atoms with Crippen LogP contribution in [0.15, 0.2) is 11.6 Å². The van der Waals surface area contributed by atoms with E-state index in [0.717, 1.165) is 48.3 Å². The molecule has 5 aliphatic rings. The van der Waals surface area contributed by atoms with Gasteiger partial charge in [-0.3, -0.25) is 0 Å². The zero-order valence-electron chi connectivity index (χ0n) is 22.9. The lowest BCUT2D eigenvalue weighted by atomic mass is 9.47. The molecule has 4 fully saturated rings. The molecule has 5 aliphatic carbocycles. The van der Waals surface area contributed by atoms with Crippen molar-refractivity contribution in [1.29, 1.82) is 0 Å². The van der Waals surface area contributed by atoms with Gasteiger partial charge in [-0.05, 0) is 97.7 Å². The van der Waals surface area contributed by atoms with E-state index in [4.69, 9.17) is 0 Å². The molecule has 0 spiro atoms. The molecular weight excluding hydrogens is 400 g/mol. The average Bonchev–Trinajstić information content (AvgIpc) is 3.45. The largest absolute Gasteiger partial charge is 0.393 e. The quantitative estimate of drug-likeness (QED) is 0.408. The molecule has 5 rings (SSSR count). The lowest BCUT2D eigenvalue weighted by molar-refractivity contribution is -0.0573. The Morgan fingerprint density at radius 1 is 0.879 bits per heavy atom. The second-order valence-electron chi connectivity index (χ2n) is 14.0. The Morgan fingerprint density at radius 3 is 2.24 bits per heavy atom. The Balaban J connectivity index is 0.000000459. The smallest absolute Gasteiger partial charge is 0.0577 e. The van der Waals surface area contributed by atoms with Gasteiger partial charge in [0.25, 0.3) is 0 Å². The highest BCUT2D eigenvalue weighted by Crippen LogP contribution is 2.67. The number of hydrogen-bond acceptors (Lipinski definition) is 1. The van der Waals surface area contributed by atoms with E-state index >= 15 is 0 Å². The topological polar surface area (TPSA) is 20.2 Å². The highest BCUT2D eigenvalue weighted by atomic mass is 16.3. The van der Waals surface area contributed by atoms with E-state index in [1.54, 1.807) is 5.57 Å². The lowest BCUT2D eigenvalue weighted by Gasteiger charge is -2.58. The minimum absolute atomic E-state index is 0.0766. The molecular formula is C32H56O. The molecule has 0 aromatic carbocycles. The average molecular weight is 457 g/mol. The summed E-state index contributed by atoms with van der Waals surface area (Å²) in [6.07, 6.45) is 24.7. The maximum Gasteiger partial charge on any atom is 0.0577 e. The summed E-state index contributed by atoms with van der Waals surface area (Å²) < 4.78 is 0. The van der Waals surface area contributed by atoms with Crippen LogP contribution >= 0.6 is 0 Å². The van der Waals surface area contributed by atoms with E-state index in [1.807, 2.05) is 0 Å². The van der Waals surface area contributed by atoms with Crippen LogP contribution < -0.4 is 0 Å². The van der Waals surface area contributed by atoms with Crippen LogP contribution in [-0.4, -0.2) is 11.2 Å². The van der Waals surface area contributed by atoms with Gasteiger partial charge >= 0.3 is 0 Å². The first-order valence-electron chi connectivity index (χ1n) is 15.1. The maximum atomic E-state index is 10.2. The summed E-state index contributed by atoms with van der Waals surface area (Å²) in [6, 6.07) is 0. The van der Waals surface area contributed by atoms with Crippen LogP contribution in [0.2, 0.25) is 0 Å². The second-order valence-corrected chi connectivity index (χ2v) is 14.0. The summed E-state index contributed by atoms with van der Waals surface area (Å²) in [4.78, 5) is 0. The van der Waals surface area contributed by atoms with Gasteiger partial charge in [-0.15, -0.1) is 0 Å². The van der Waals surface area contributed by atoms with E-state index in [9.17, 15) is 5.11 Å². The zero-order chi connectivity index (χ0) is 23.6. The van der Waals surface area contributed by atoms with Gasteiger partial charge in [-0.25, -0.2) is 0 Å². The molecule has 1 N–H and O–H groups in total. The molecule has 4 saturated carbocycles. The molecule has 0 amide bonds. The number of allylic oxidation sites excluding steroid dienone is 1. The first kappa shape index (κ1) is 25.8. The van der Waals surface area contributed by atoms with Crippen molar-refractivity contribution in [2.24, 2.45) is 46.3 Å². The molecule has 0 aromatic rings. The SMILES string of the molecule is C1CCCC1.CC(C)CCCC(C)[C@H]1CC[C@H]2[C@@H]3CC=C4C[C@@H](O)CC[C@]4(C)[C@H]3CC[C@]12C. The van der Waals surface area contributed by atoms with Crippen LogP contribution in [-0.2, 0) is 0 Å². The van der Waals surface area contributed by atoms with Gasteiger partial charge in [0.2, 0.25) is 0 Å². The third-order valence-electron chi connectivity index (χ3n) is 11.5. The Bertz CT molecular complexity index is 652. The van der Waals surface area contributed by atoms with Gasteiger partial charge < -0.3 is 5.11 Å². The van der Waals surface area contributed by atoms with Gasteiger partial charge in [0.15, 0.2) is 0 Å². The fourth-order valence-electron chi connectivity index (χ4n) is 9.55. The molecule has 0 heterocycles. The Hall–Kier alpha value is -0.300. The normalized spacial score (nSPS) is 43.1. The van der Waals surface area contributed by atoms with Gasteiger partial charge in [0.05, 0.1) is 6.10 Å². The molecule has 190 valence electrons. The second kappa shape index (κ2) is 10.8. The fraction of sp³-hybridized carbons (Fsp3) is 0.938. The standard InChI is InChI=1S/C27H46O.C5H10/c1-18(2)7-6-8-19(3)23-11-12-24-22-10-9-20-17-21(28)13-15-26(20,4)25(22)14-16-27(23,24)5;1-2-4-5-3-1/h9,18-19,21-25,28H,6-8,10-17H2,1-5H3;1-5H2/t19?,21-,22-,23+,24-,25-,26-,27+;/m0./s1. The van der Waals surface area contributed by atoms with Crippen molar-refractivity contribution in [3.63, 3.8) is 0 Å².